The van der Waals surface area contributed by atoms with Crippen LogP contribution in [0, 0.1) is 0 Å². The zero-order valence-electron chi connectivity index (χ0n) is 9.44. The number of nitrogens with one attached hydrogen (secondary N) is 1. The molecule has 1 heterocycles. The molecule has 3 rings (SSSR count). The van der Waals surface area contributed by atoms with Crippen LogP contribution in [0.5, 0.6) is 0 Å². The Kier molecular flexibility index (Phi) is 2.99. The normalized spacial score (nSPS) is 15.1. The van der Waals surface area contributed by atoms with Crippen molar-refractivity contribution in [2.45, 2.75) is 25.4 Å². The minimum Gasteiger partial charge on any atom is -0.310 e. The second-order valence-electron chi connectivity index (χ2n) is 4.40. The van der Waals surface area contributed by atoms with Crippen LogP contribution in [0.2, 0.25) is 0 Å². The van der Waals surface area contributed by atoms with Crippen LogP contribution in [0.15, 0.2) is 41.4 Å². The number of nitrogens with zero attached hydrogens (tertiary/aromatic N) is 2. The summed E-state index contributed by atoms with van der Waals surface area (Å²) in [5.41, 5.74) is 2.49. The average molecular weight is 292 g/mol. The van der Waals surface area contributed by atoms with E-state index in [-0.39, 0.29) is 0 Å². The van der Waals surface area contributed by atoms with Gasteiger partial charge in [0.2, 0.25) is 0 Å². The summed E-state index contributed by atoms with van der Waals surface area (Å²) < 4.78 is 3.14. The predicted molar refractivity (Wildman–Crippen MR) is 71.1 cm³/mol. The van der Waals surface area contributed by atoms with Gasteiger partial charge in [0.1, 0.15) is 0 Å². The molecule has 0 radical (unpaired) electrons. The third-order valence-electron chi connectivity index (χ3n) is 2.99. The molecule has 1 aliphatic carbocycles. The van der Waals surface area contributed by atoms with Gasteiger partial charge in [0.25, 0.3) is 0 Å². The molecule has 88 valence electrons. The predicted octanol–water partition coefficient (Wildman–Crippen LogP) is 2.89. The molecule has 0 spiro atoms. The fourth-order valence-corrected chi connectivity index (χ4v) is 2.22. The van der Waals surface area contributed by atoms with Gasteiger partial charge < -0.3 is 9.88 Å². The smallest absolute Gasteiger partial charge is 0.0991 e. The number of benzene rings is 1. The SMILES string of the molecule is Brc1ccc(CNC2CC2)c(-n2ccnc2)c1. The Balaban J connectivity index is 1.89. The summed E-state index contributed by atoms with van der Waals surface area (Å²) in [6.45, 7) is 0.922. The molecule has 4 heteroatoms. The van der Waals surface area contributed by atoms with Crippen molar-refractivity contribution in [1.29, 1.82) is 0 Å². The van der Waals surface area contributed by atoms with Gasteiger partial charge in [-0.2, -0.15) is 0 Å². The van der Waals surface area contributed by atoms with E-state index in [0.29, 0.717) is 0 Å². The second-order valence-corrected chi connectivity index (χ2v) is 5.31. The first-order valence-corrected chi connectivity index (χ1v) is 6.62. The minimum absolute atomic E-state index is 0.731. The number of hydrogen-bond acceptors (Lipinski definition) is 2. The van der Waals surface area contributed by atoms with Crippen molar-refractivity contribution in [2.24, 2.45) is 0 Å². The van der Waals surface area contributed by atoms with Crippen LogP contribution < -0.4 is 5.32 Å². The summed E-state index contributed by atoms with van der Waals surface area (Å²) in [6.07, 6.45) is 8.25. The summed E-state index contributed by atoms with van der Waals surface area (Å²) in [6, 6.07) is 7.11. The second kappa shape index (κ2) is 4.63. The summed E-state index contributed by atoms with van der Waals surface area (Å²) in [4.78, 5) is 4.10. The van der Waals surface area contributed by atoms with Gasteiger partial charge in [-0.15, -0.1) is 0 Å². The van der Waals surface area contributed by atoms with E-state index < -0.39 is 0 Å². The van der Waals surface area contributed by atoms with Gasteiger partial charge in [0.05, 0.1) is 12.0 Å². The maximum atomic E-state index is 4.10. The zero-order chi connectivity index (χ0) is 11.7. The van der Waals surface area contributed by atoms with E-state index in [4.69, 9.17) is 0 Å². The number of halogens is 1. The van der Waals surface area contributed by atoms with Crippen LogP contribution in [-0.4, -0.2) is 15.6 Å². The fourth-order valence-electron chi connectivity index (χ4n) is 1.87. The third-order valence-corrected chi connectivity index (χ3v) is 3.48. The molecule has 0 saturated heterocycles. The van der Waals surface area contributed by atoms with Crippen molar-refractivity contribution in [1.82, 2.24) is 14.9 Å². The Bertz CT molecular complexity index is 503. The summed E-state index contributed by atoms with van der Waals surface area (Å²) >= 11 is 3.52. The first kappa shape index (κ1) is 11.0. The molecule has 0 aliphatic heterocycles. The zero-order valence-corrected chi connectivity index (χ0v) is 11.0. The average Bonchev–Trinajstić information content (AvgIpc) is 3.00. The van der Waals surface area contributed by atoms with E-state index in [9.17, 15) is 0 Å². The summed E-state index contributed by atoms with van der Waals surface area (Å²) in [5.74, 6) is 0. The lowest BCUT2D eigenvalue weighted by Crippen LogP contribution is -2.16. The van der Waals surface area contributed by atoms with Crippen LogP contribution >= 0.6 is 15.9 Å². The molecule has 0 atom stereocenters. The van der Waals surface area contributed by atoms with Gasteiger partial charge in [-0.25, -0.2) is 4.98 Å². The quantitative estimate of drug-likeness (QED) is 0.939. The van der Waals surface area contributed by atoms with Crippen molar-refractivity contribution in [2.75, 3.05) is 0 Å². The highest BCUT2D eigenvalue weighted by Crippen LogP contribution is 2.23. The number of hydrogen-bond donors (Lipinski definition) is 1. The molecule has 1 aromatic carbocycles. The topological polar surface area (TPSA) is 29.9 Å². The van der Waals surface area contributed by atoms with Crippen molar-refractivity contribution in [3.05, 3.63) is 47.0 Å². The first-order valence-electron chi connectivity index (χ1n) is 5.83. The molecule has 0 bridgehead atoms. The highest BCUT2D eigenvalue weighted by atomic mass is 79.9. The molecule has 1 saturated carbocycles. The maximum Gasteiger partial charge on any atom is 0.0991 e. The Hall–Kier alpha value is -1.13. The van der Waals surface area contributed by atoms with E-state index in [1.165, 1.54) is 24.1 Å². The standard InChI is InChI=1S/C13H14BrN3/c14-11-2-1-10(8-16-12-3-4-12)13(7-11)17-6-5-15-9-17/h1-2,5-7,9,12,16H,3-4,8H2. The van der Waals surface area contributed by atoms with Crippen molar-refractivity contribution in [3.63, 3.8) is 0 Å². The molecule has 0 unspecified atom stereocenters. The lowest BCUT2D eigenvalue weighted by Gasteiger charge is -2.11. The molecule has 1 fully saturated rings. The van der Waals surface area contributed by atoms with E-state index >= 15 is 0 Å². The molecule has 1 N–H and O–H groups in total. The fraction of sp³-hybridized carbons (Fsp3) is 0.308. The molecule has 1 aromatic heterocycles. The van der Waals surface area contributed by atoms with Gasteiger partial charge in [0.15, 0.2) is 0 Å². The molecule has 0 amide bonds. The van der Waals surface area contributed by atoms with E-state index in [1.54, 1.807) is 6.20 Å². The largest absolute Gasteiger partial charge is 0.310 e. The Morgan fingerprint density at radius 2 is 2.29 bits per heavy atom. The molecule has 3 nitrogen and oxygen atoms in total. The van der Waals surface area contributed by atoms with Crippen molar-refractivity contribution in [3.8, 4) is 5.69 Å². The Labute approximate surface area is 109 Å². The summed E-state index contributed by atoms with van der Waals surface area (Å²) in [5, 5.41) is 3.55. The number of rotatable bonds is 4. The Morgan fingerprint density at radius 1 is 1.41 bits per heavy atom. The lowest BCUT2D eigenvalue weighted by atomic mass is 10.1. The van der Waals surface area contributed by atoms with Crippen LogP contribution in [0.25, 0.3) is 5.69 Å². The maximum absolute atomic E-state index is 4.10. The van der Waals surface area contributed by atoms with Crippen molar-refractivity contribution >= 4 is 15.9 Å². The minimum atomic E-state index is 0.731. The number of imidazole rings is 1. The van der Waals surface area contributed by atoms with Gasteiger partial charge in [-0.1, -0.05) is 22.0 Å². The molecular formula is C13H14BrN3. The molecule has 2 aromatic rings. The van der Waals surface area contributed by atoms with E-state index in [0.717, 1.165) is 17.1 Å². The first-order chi connectivity index (χ1) is 8.33. The molecule has 17 heavy (non-hydrogen) atoms. The highest BCUT2D eigenvalue weighted by Gasteiger charge is 2.20. The van der Waals surface area contributed by atoms with Gasteiger partial charge in [0, 0.05) is 29.5 Å². The molecular weight excluding hydrogens is 278 g/mol. The number of aromatic nitrogens is 2. The summed E-state index contributed by atoms with van der Waals surface area (Å²) in [7, 11) is 0. The van der Waals surface area contributed by atoms with Gasteiger partial charge >= 0.3 is 0 Å². The monoisotopic (exact) mass is 291 g/mol. The third kappa shape index (κ3) is 2.58. The van der Waals surface area contributed by atoms with Crippen LogP contribution in [0.1, 0.15) is 18.4 Å². The lowest BCUT2D eigenvalue weighted by molar-refractivity contribution is 0.684. The van der Waals surface area contributed by atoms with Crippen LogP contribution in [0.4, 0.5) is 0 Å². The highest BCUT2D eigenvalue weighted by molar-refractivity contribution is 9.10. The van der Waals surface area contributed by atoms with E-state index in [1.807, 2.05) is 12.5 Å². The van der Waals surface area contributed by atoms with Gasteiger partial charge in [-0.3, -0.25) is 0 Å². The van der Waals surface area contributed by atoms with Crippen LogP contribution in [-0.2, 0) is 6.54 Å². The van der Waals surface area contributed by atoms with Gasteiger partial charge in [-0.05, 0) is 30.5 Å². The Morgan fingerprint density at radius 3 is 3.00 bits per heavy atom. The van der Waals surface area contributed by atoms with Crippen LogP contribution in [0.3, 0.4) is 0 Å². The molecule has 1 aliphatic rings. The van der Waals surface area contributed by atoms with E-state index in [2.05, 4.69) is 49.0 Å². The van der Waals surface area contributed by atoms with Crippen molar-refractivity contribution < 1.29 is 0 Å².